The molecule has 0 spiro atoms. The summed E-state index contributed by atoms with van der Waals surface area (Å²) in [6.45, 7) is 5.78. The van der Waals surface area contributed by atoms with Crippen LogP contribution < -0.4 is 0 Å². The van der Waals surface area contributed by atoms with Crippen LogP contribution in [-0.2, 0) is 28.9 Å². The van der Waals surface area contributed by atoms with Crippen LogP contribution in [0.1, 0.15) is 39.0 Å². The molecule has 1 N–H and O–H groups in total. The Morgan fingerprint density at radius 3 is 2.94 bits per heavy atom. The first-order chi connectivity index (χ1) is 8.54. The molecular weight excluding hydrogens is 400 g/mol. The maximum atomic E-state index is 11.6. The van der Waals surface area contributed by atoms with Crippen LogP contribution in [0.2, 0.25) is 0 Å². The van der Waals surface area contributed by atoms with Crippen LogP contribution >= 0.6 is 0 Å². The molecule has 1 fully saturated rings. The molecule has 0 aromatic heterocycles. The molecule has 1 unspecified atom stereocenters. The third kappa shape index (κ3) is 4.89. The van der Waals surface area contributed by atoms with Gasteiger partial charge in [0, 0.05) is 0 Å². The van der Waals surface area contributed by atoms with Gasteiger partial charge in [-0.05, 0) is 0 Å². The van der Waals surface area contributed by atoms with Crippen LogP contribution in [0.15, 0.2) is 24.0 Å². The van der Waals surface area contributed by atoms with E-state index in [0.717, 1.165) is 31.3 Å². The molecule has 0 bridgehead atoms. The SMILES string of the molecule is C=C(O)C=C1CCCCC(CC(=O)OCC)[C]1=[W]. The van der Waals surface area contributed by atoms with Gasteiger partial charge in [-0.1, -0.05) is 0 Å². The van der Waals surface area contributed by atoms with Crippen LogP contribution in [0.25, 0.3) is 0 Å². The first-order valence-corrected chi connectivity index (χ1v) is 7.79. The number of aliphatic hydroxyl groups excluding tert-OH is 1. The van der Waals surface area contributed by atoms with Gasteiger partial charge < -0.3 is 0 Å². The van der Waals surface area contributed by atoms with Gasteiger partial charge in [-0.3, -0.25) is 0 Å². The summed E-state index contributed by atoms with van der Waals surface area (Å²) in [5, 5.41) is 9.30. The predicted molar refractivity (Wildman–Crippen MR) is 68.1 cm³/mol. The Labute approximate surface area is 119 Å². The second-order valence-electron chi connectivity index (χ2n) is 4.48. The molecule has 3 nitrogen and oxygen atoms in total. The number of hydrogen-bond acceptors (Lipinski definition) is 3. The van der Waals surface area contributed by atoms with E-state index in [1.165, 1.54) is 23.3 Å². The van der Waals surface area contributed by atoms with Crippen LogP contribution in [0.4, 0.5) is 0 Å². The van der Waals surface area contributed by atoms with Crippen molar-refractivity contribution in [3.8, 4) is 0 Å². The Balaban J connectivity index is 2.75. The van der Waals surface area contributed by atoms with Gasteiger partial charge >= 0.3 is 119 Å². The van der Waals surface area contributed by atoms with E-state index in [0.29, 0.717) is 13.0 Å². The Bertz CT molecular complexity index is 371. The normalized spacial score (nSPS) is 22.6. The molecule has 0 amide bonds. The summed E-state index contributed by atoms with van der Waals surface area (Å²) in [5.41, 5.74) is 1.16. The van der Waals surface area contributed by atoms with Gasteiger partial charge in [0.2, 0.25) is 0 Å². The fourth-order valence-electron chi connectivity index (χ4n) is 2.18. The van der Waals surface area contributed by atoms with Crippen LogP contribution in [0, 0.1) is 5.92 Å². The van der Waals surface area contributed by atoms with E-state index in [9.17, 15) is 9.90 Å². The van der Waals surface area contributed by atoms with E-state index in [-0.39, 0.29) is 17.6 Å². The summed E-state index contributed by atoms with van der Waals surface area (Å²) in [7, 11) is 0. The Morgan fingerprint density at radius 2 is 2.33 bits per heavy atom. The number of esters is 1. The minimum absolute atomic E-state index is 0.0977. The van der Waals surface area contributed by atoms with Crippen molar-refractivity contribution in [2.75, 3.05) is 6.61 Å². The van der Waals surface area contributed by atoms with Crippen molar-refractivity contribution in [2.24, 2.45) is 5.92 Å². The van der Waals surface area contributed by atoms with Gasteiger partial charge in [0.15, 0.2) is 0 Å². The number of allylic oxidation sites excluding steroid dienone is 2. The number of ether oxygens (including phenoxy) is 1. The van der Waals surface area contributed by atoms with Gasteiger partial charge in [-0.25, -0.2) is 0 Å². The van der Waals surface area contributed by atoms with Crippen LogP contribution in [-0.4, -0.2) is 21.6 Å². The Hall–Kier alpha value is -0.692. The van der Waals surface area contributed by atoms with Crippen molar-refractivity contribution in [2.45, 2.75) is 39.0 Å². The quantitative estimate of drug-likeness (QED) is 0.433. The molecule has 0 heterocycles. The number of aliphatic hydroxyl groups is 1. The molecule has 0 aliphatic heterocycles. The third-order valence-electron chi connectivity index (χ3n) is 3.00. The van der Waals surface area contributed by atoms with Crippen molar-refractivity contribution in [3.05, 3.63) is 24.0 Å². The third-order valence-corrected chi connectivity index (χ3v) is 5.13. The van der Waals surface area contributed by atoms with Crippen molar-refractivity contribution < 1.29 is 34.0 Å². The summed E-state index contributed by atoms with van der Waals surface area (Å²) in [6.07, 6.45) is 6.43. The molecule has 0 radical (unpaired) electrons. The minimum atomic E-state index is -0.120. The van der Waals surface area contributed by atoms with Gasteiger partial charge in [0.1, 0.15) is 0 Å². The molecule has 18 heavy (non-hydrogen) atoms. The summed E-state index contributed by atoms with van der Waals surface area (Å²) in [6, 6.07) is 0. The van der Waals surface area contributed by atoms with E-state index in [4.69, 9.17) is 4.74 Å². The van der Waals surface area contributed by atoms with Gasteiger partial charge in [0.05, 0.1) is 0 Å². The van der Waals surface area contributed by atoms with Gasteiger partial charge in [0.25, 0.3) is 0 Å². The molecule has 4 heteroatoms. The first kappa shape index (κ1) is 15.4. The molecule has 1 aliphatic rings. The predicted octanol–water partition coefficient (Wildman–Crippen LogP) is 2.85. The molecule has 0 saturated heterocycles. The summed E-state index contributed by atoms with van der Waals surface area (Å²) in [4.78, 5) is 11.6. The monoisotopic (exact) mass is 420 g/mol. The van der Waals surface area contributed by atoms with E-state index >= 15 is 0 Å². The number of rotatable bonds is 4. The van der Waals surface area contributed by atoms with E-state index in [1.54, 1.807) is 6.08 Å². The average molecular weight is 420 g/mol. The first-order valence-electron chi connectivity index (χ1n) is 6.32. The van der Waals surface area contributed by atoms with E-state index < -0.39 is 0 Å². The van der Waals surface area contributed by atoms with Crippen molar-refractivity contribution in [1.29, 1.82) is 0 Å². The Kier molecular flexibility index (Phi) is 6.56. The zero-order valence-electron chi connectivity index (χ0n) is 10.8. The van der Waals surface area contributed by atoms with E-state index in [2.05, 4.69) is 6.58 Å². The number of hydrogen-bond donors (Lipinski definition) is 1. The van der Waals surface area contributed by atoms with Crippen LogP contribution in [0.5, 0.6) is 0 Å². The van der Waals surface area contributed by atoms with Crippen molar-refractivity contribution in [3.63, 3.8) is 0 Å². The fourth-order valence-corrected chi connectivity index (χ4v) is 3.48. The Morgan fingerprint density at radius 1 is 1.61 bits per heavy atom. The van der Waals surface area contributed by atoms with Crippen molar-refractivity contribution >= 4 is 9.87 Å². The summed E-state index contributed by atoms with van der Waals surface area (Å²) in [5.74, 6) is 0.248. The van der Waals surface area contributed by atoms with Gasteiger partial charge in [-0.2, -0.15) is 0 Å². The molecule has 1 saturated carbocycles. The number of carbonyl (C=O) groups is 1. The zero-order chi connectivity index (χ0) is 13.5. The van der Waals surface area contributed by atoms with Crippen LogP contribution in [0.3, 0.4) is 0 Å². The summed E-state index contributed by atoms with van der Waals surface area (Å²) < 4.78 is 6.29. The summed E-state index contributed by atoms with van der Waals surface area (Å²) >= 11 is 1.37. The molecule has 0 aromatic carbocycles. The number of carbonyl (C=O) groups excluding carboxylic acids is 1. The molecule has 1 rings (SSSR count). The van der Waals surface area contributed by atoms with Crippen molar-refractivity contribution in [1.82, 2.24) is 0 Å². The second kappa shape index (κ2) is 7.68. The molecule has 100 valence electrons. The molecule has 1 atom stereocenters. The second-order valence-corrected chi connectivity index (χ2v) is 6.06. The molecular formula is C14H20O3W. The average Bonchev–Trinajstić information content (AvgIpc) is 2.44. The topological polar surface area (TPSA) is 46.5 Å². The van der Waals surface area contributed by atoms with Gasteiger partial charge in [-0.15, -0.1) is 0 Å². The van der Waals surface area contributed by atoms with E-state index in [1.807, 2.05) is 6.92 Å². The zero-order valence-corrected chi connectivity index (χ0v) is 13.7. The fraction of sp³-hybridized carbons (Fsp3) is 0.571. The standard InChI is InChI=1S/C14H20O3.W/c1-3-17-14(16)10-13-7-5-4-6-12(9-13)8-11(2)15;/h8,13,15H,2-7,10H2,1H3;. The molecule has 0 aromatic rings. The maximum absolute atomic E-state index is 11.6. The molecule has 1 aliphatic carbocycles.